The van der Waals surface area contributed by atoms with Crippen molar-refractivity contribution < 1.29 is 33.6 Å². The number of hydrogen-bond acceptors (Lipinski definition) is 26. The molecular formula is C84H100I4N20O7S4. The highest BCUT2D eigenvalue weighted by Crippen LogP contribution is 2.46. The standard InChI is InChI=1S/C23H26IN5O4S.C21H26IN5OS.2C20H24IN5OS/c1-13(30)22(31)28-7-3-14(4-8-28)5-9-29-16-2-6-26-21(25)20(16)27-23(29)34-19-11-18-17(10-15(19)24)32-12-33-18;1-21(2,3)25-7-4-9-27-15-5-8-24-19(23)18(15)26-20(27)29-17-12-16-13(6-10-28-16)11-14(17)22;2*1-12(2)23-6-3-8-26-15-4-7-24-19(22)18(15)25-20(26)28-17-11-16-13(5-9-27-16)10-14(17)21/h2,6,10-11,13-14,30H,3-5,7-9,12H2,1H3,(H2,25,26);5,8,11-12,25H,4,6-7,9-10H2,1-3H3,(H2,23,24);2*4,7,10-12,23H,3,5-6,8-9H2,1-2H3,(H2,22,24)/t13-;;;/m0.../s1/i24+4;22-3;21+4;21-3. The van der Waals surface area contributed by atoms with E-state index < -0.39 is 6.10 Å². The van der Waals surface area contributed by atoms with Crippen LogP contribution in [0.2, 0.25) is 0 Å². The molecule has 0 radical (unpaired) electrons. The molecule has 1 atom stereocenters. The summed E-state index contributed by atoms with van der Waals surface area (Å²) in [4.78, 5) is 54.6. The maximum atomic E-state index is 12.1. The Kier molecular flexibility index (Phi) is 29.9. The predicted molar refractivity (Wildman–Crippen MR) is 508 cm³/mol. The number of nitrogen functional groups attached to an aromatic ring is 4. The Hall–Kier alpha value is -6.81. The van der Waals surface area contributed by atoms with E-state index >= 15 is 0 Å². The molecule has 1 amide bonds. The molecule has 35 heteroatoms. The molecule has 1 saturated heterocycles. The Morgan fingerprint density at radius 3 is 1.25 bits per heavy atom. The van der Waals surface area contributed by atoms with Crippen LogP contribution >= 0.6 is 137 Å². The number of benzene rings is 4. The van der Waals surface area contributed by atoms with Gasteiger partial charge >= 0.3 is 0 Å². The number of ether oxygens (including phenoxy) is 5. The molecule has 5 aliphatic heterocycles. The Bertz CT molecular complexity index is 5480. The number of nitrogens with one attached hydrogen (secondary N) is 3. The number of aliphatic hydroxyl groups is 1. The lowest BCUT2D eigenvalue weighted by atomic mass is 9.93. The van der Waals surface area contributed by atoms with Gasteiger partial charge in [0.05, 0.1) is 41.9 Å². The first-order valence-electron chi connectivity index (χ1n) is 40.1. The second-order valence-electron chi connectivity index (χ2n) is 31.1. The maximum absolute atomic E-state index is 12.1. The van der Waals surface area contributed by atoms with E-state index in [2.05, 4.69) is 229 Å². The Morgan fingerprint density at radius 1 is 0.504 bits per heavy atom. The molecule has 0 spiro atoms. The van der Waals surface area contributed by atoms with Crippen molar-refractivity contribution in [2.75, 3.05) is 82.3 Å². The number of pyridine rings is 4. The van der Waals surface area contributed by atoms with Crippen molar-refractivity contribution >= 4 is 211 Å². The van der Waals surface area contributed by atoms with Gasteiger partial charge in [-0.3, -0.25) is 4.79 Å². The van der Waals surface area contributed by atoms with Gasteiger partial charge in [0.1, 0.15) is 45.4 Å². The number of imidazole rings is 4. The average molecular weight is 2140 g/mol. The first-order valence-corrected chi connectivity index (χ1v) is 47.6. The summed E-state index contributed by atoms with van der Waals surface area (Å²) in [5.74, 6) is 6.65. The number of nitrogens with two attached hydrogens (primary N) is 4. The van der Waals surface area contributed by atoms with Crippen LogP contribution in [-0.4, -0.2) is 157 Å². The molecule has 12 aromatic rings. The highest BCUT2D eigenvalue weighted by molar-refractivity contribution is 14.1. The monoisotopic (exact) mass is 2140 g/mol. The highest BCUT2D eigenvalue weighted by Gasteiger charge is 2.29. The number of hydrogen-bond donors (Lipinski definition) is 8. The second kappa shape index (κ2) is 40.2. The zero-order chi connectivity index (χ0) is 83.8. The normalized spacial score (nSPS) is 14.4. The van der Waals surface area contributed by atoms with Crippen LogP contribution in [0.15, 0.2) is 138 Å². The summed E-state index contributed by atoms with van der Waals surface area (Å²) in [6.45, 7) is 26.9. The van der Waals surface area contributed by atoms with Crippen LogP contribution in [0.25, 0.3) is 44.1 Å². The van der Waals surface area contributed by atoms with Gasteiger partial charge in [0.25, 0.3) is 5.91 Å². The van der Waals surface area contributed by atoms with E-state index in [1.54, 1.807) is 76.7 Å². The molecule has 1 fully saturated rings. The third-order valence-corrected chi connectivity index (χ3v) is 29.8. The van der Waals surface area contributed by atoms with Crippen LogP contribution in [0.1, 0.15) is 111 Å². The summed E-state index contributed by atoms with van der Waals surface area (Å²) >= 11 is 16.1. The number of aliphatic hydroxyl groups excluding tert-OH is 1. The number of aryl methyl sites for hydroxylation is 4. The first-order chi connectivity index (χ1) is 57.3. The lowest BCUT2D eigenvalue weighted by Crippen LogP contribution is -2.43. The molecule has 12 N–H and O–H groups in total. The minimum absolute atomic E-state index is 0.115. The van der Waals surface area contributed by atoms with Gasteiger partial charge in [0.15, 0.2) is 55.4 Å². The fourth-order valence-electron chi connectivity index (χ4n) is 14.5. The Labute approximate surface area is 764 Å². The Balaban J connectivity index is 0.000000131. The van der Waals surface area contributed by atoms with Crippen molar-refractivity contribution in [1.82, 2.24) is 79.0 Å². The van der Waals surface area contributed by atoms with E-state index in [0.717, 1.165) is 235 Å². The number of nitrogens with zero attached hydrogens (tertiary/aromatic N) is 13. The van der Waals surface area contributed by atoms with Crippen molar-refractivity contribution in [3.05, 3.63) is 129 Å². The smallest absolute Gasteiger partial charge is 0.251 e. The van der Waals surface area contributed by atoms with Crippen molar-refractivity contribution in [2.24, 2.45) is 5.92 Å². The van der Waals surface area contributed by atoms with Crippen molar-refractivity contribution in [3.63, 3.8) is 0 Å². The number of piperidine rings is 1. The molecular weight excluding hydrogens is 2040 g/mol. The van der Waals surface area contributed by atoms with E-state index in [4.69, 9.17) is 66.6 Å². The summed E-state index contributed by atoms with van der Waals surface area (Å²) in [5, 5.41) is 23.8. The molecule has 0 saturated carbocycles. The summed E-state index contributed by atoms with van der Waals surface area (Å²) in [6, 6.07) is 26.0. The topological polar surface area (TPSA) is 350 Å². The summed E-state index contributed by atoms with van der Waals surface area (Å²) in [5.41, 5.74) is 35.5. The number of carbonyl (C=O) groups excluding carboxylic acids is 1. The fraction of sp³-hybridized carbons (Fsp3) is 0.417. The molecule has 630 valence electrons. The largest absolute Gasteiger partial charge is 0.493 e. The number of carbonyl (C=O) groups is 1. The van der Waals surface area contributed by atoms with Gasteiger partial charge in [0.2, 0.25) is 6.79 Å². The summed E-state index contributed by atoms with van der Waals surface area (Å²) < 4.78 is 42.0. The van der Waals surface area contributed by atoms with Crippen molar-refractivity contribution in [1.29, 1.82) is 0 Å². The third kappa shape index (κ3) is 21.9. The average Bonchev–Trinajstić information content (AvgIpc) is 1.64. The number of amides is 1. The number of fused-ring (bicyclic) bond motifs is 8. The predicted octanol–water partition coefficient (Wildman–Crippen LogP) is 16.2. The van der Waals surface area contributed by atoms with Gasteiger partial charge in [-0.2, -0.15) is 0 Å². The van der Waals surface area contributed by atoms with Crippen LogP contribution < -0.4 is 62.6 Å². The second-order valence-corrected chi connectivity index (χ2v) is 39.8. The molecule has 0 unspecified atom stereocenters. The molecule has 17 rings (SSSR count). The summed E-state index contributed by atoms with van der Waals surface area (Å²) in [7, 11) is 0. The zero-order valence-electron chi connectivity index (χ0n) is 67.8. The van der Waals surface area contributed by atoms with Crippen LogP contribution in [-0.2, 0) is 50.2 Å². The number of rotatable bonds is 26. The van der Waals surface area contributed by atoms with Crippen LogP contribution in [0.5, 0.6) is 28.7 Å². The van der Waals surface area contributed by atoms with Gasteiger partial charge in [-0.25, -0.2) is 39.9 Å². The fourth-order valence-corrected chi connectivity index (χ4v) is 21.7. The van der Waals surface area contributed by atoms with Gasteiger partial charge in [-0.05, 0) is 272 Å². The Morgan fingerprint density at radius 2 is 0.857 bits per heavy atom. The molecule has 13 heterocycles. The molecule has 8 aromatic heterocycles. The van der Waals surface area contributed by atoms with Crippen LogP contribution in [0.4, 0.5) is 23.3 Å². The summed E-state index contributed by atoms with van der Waals surface area (Å²) in [6.07, 6.45) is 14.9. The zero-order valence-corrected chi connectivity index (χ0v) is 79.7. The quantitative estimate of drug-likeness (QED) is 0.0184. The molecule has 27 nitrogen and oxygen atoms in total. The third-order valence-electron chi connectivity index (χ3n) is 20.6. The van der Waals surface area contributed by atoms with Crippen LogP contribution in [0, 0.1) is 20.2 Å². The van der Waals surface area contributed by atoms with E-state index in [1.165, 1.54) is 34.3 Å². The van der Waals surface area contributed by atoms with Gasteiger partial charge < -0.3 is 90.8 Å². The van der Waals surface area contributed by atoms with E-state index in [1.807, 2.05) is 36.4 Å². The van der Waals surface area contributed by atoms with Gasteiger partial charge in [-0.1, -0.05) is 74.7 Å². The highest BCUT2D eigenvalue weighted by atomic mass is 131. The molecule has 5 aliphatic rings. The van der Waals surface area contributed by atoms with E-state index in [9.17, 15) is 9.90 Å². The lowest BCUT2D eigenvalue weighted by Gasteiger charge is -2.32. The maximum Gasteiger partial charge on any atom is 0.251 e. The SMILES string of the molecule is CC(C)(C)NCCCn1c(Sc2cc3c(cc2[124I])CCO3)nc2c(N)nccc21.CC(C)NCCCn1c(Sc2cc3c(cc2[124I])CCO3)nc2c(N)nccc21.CC(C)NCCCn1c(Sc2cc3c(cc2[131I])CCO3)nc2c(N)nccc21.C[C@H](O)C(=O)N1CCC(CCn2c(Sc3cc4c(cc3[131I])OCO4)nc3c(N)nccc32)CC1. The molecule has 0 aliphatic carbocycles. The van der Waals surface area contributed by atoms with Gasteiger partial charge in [-0.15, -0.1) is 0 Å². The van der Waals surface area contributed by atoms with Gasteiger partial charge in [0, 0.05) is 135 Å². The number of anilines is 4. The lowest BCUT2D eigenvalue weighted by molar-refractivity contribution is -0.140. The van der Waals surface area contributed by atoms with Crippen molar-refractivity contribution in [3.8, 4) is 28.7 Å². The number of likely N-dealkylation sites (tertiary alicyclic amines) is 1. The van der Waals surface area contributed by atoms with Crippen molar-refractivity contribution in [2.45, 2.75) is 203 Å². The van der Waals surface area contributed by atoms with Crippen LogP contribution in [0.3, 0.4) is 0 Å². The molecule has 119 heavy (non-hydrogen) atoms. The number of aromatic nitrogens is 12. The minimum Gasteiger partial charge on any atom is -0.493 e. The molecule has 4 aromatic carbocycles. The number of halogens is 4. The van der Waals surface area contributed by atoms with E-state index in [-0.39, 0.29) is 18.2 Å². The molecule has 0 bridgehead atoms. The van der Waals surface area contributed by atoms with E-state index in [0.29, 0.717) is 59.9 Å². The first kappa shape index (κ1) is 88.5. The minimum atomic E-state index is -0.938.